The van der Waals surface area contributed by atoms with Gasteiger partial charge in [-0.2, -0.15) is 0 Å². The van der Waals surface area contributed by atoms with Gasteiger partial charge < -0.3 is 8.83 Å². The first-order valence-electron chi connectivity index (χ1n) is 12.0. The Morgan fingerprint density at radius 2 is 0.973 bits per heavy atom. The Labute approximate surface area is 212 Å². The van der Waals surface area contributed by atoms with Crippen molar-refractivity contribution in [2.45, 2.75) is 5.92 Å². The number of pyridine rings is 2. The summed E-state index contributed by atoms with van der Waals surface area (Å²) >= 11 is 0. The van der Waals surface area contributed by atoms with E-state index in [1.165, 1.54) is 0 Å². The highest BCUT2D eigenvalue weighted by Gasteiger charge is 2.21. The Kier molecular flexibility index (Phi) is 5.07. The van der Waals surface area contributed by atoms with Gasteiger partial charge in [0.15, 0.2) is 11.2 Å². The quantitative estimate of drug-likeness (QED) is 0.258. The Hall–Kier alpha value is -5.10. The summed E-state index contributed by atoms with van der Waals surface area (Å²) in [7, 11) is 0. The second-order valence-corrected chi connectivity index (χ2v) is 8.83. The van der Waals surface area contributed by atoms with Gasteiger partial charge in [0.2, 0.25) is 11.8 Å². The number of rotatable bonds is 5. The van der Waals surface area contributed by atoms with Gasteiger partial charge in [-0.15, -0.1) is 0 Å². The summed E-state index contributed by atoms with van der Waals surface area (Å²) in [6.07, 6.45) is 7.33. The molecule has 176 valence electrons. The maximum Gasteiger partial charge on any atom is 0.228 e. The lowest BCUT2D eigenvalue weighted by Gasteiger charge is -2.19. The maximum absolute atomic E-state index is 6.02. The predicted octanol–water partition coefficient (Wildman–Crippen LogP) is 7.27. The van der Waals surface area contributed by atoms with Gasteiger partial charge in [-0.25, -0.2) is 9.97 Å². The van der Waals surface area contributed by atoms with E-state index in [0.717, 1.165) is 50.0 Å². The monoisotopic (exact) mass is 480 g/mol. The van der Waals surface area contributed by atoms with Crippen LogP contribution in [0.25, 0.3) is 45.1 Å². The Bertz CT molecular complexity index is 1670. The molecule has 6 nitrogen and oxygen atoms in total. The van der Waals surface area contributed by atoms with Crippen LogP contribution in [0.2, 0.25) is 0 Å². The number of benzene rings is 3. The summed E-state index contributed by atoms with van der Waals surface area (Å²) < 4.78 is 12.0. The molecule has 0 N–H and O–H groups in total. The van der Waals surface area contributed by atoms with E-state index in [-0.39, 0.29) is 5.92 Å². The Morgan fingerprint density at radius 3 is 1.49 bits per heavy atom. The van der Waals surface area contributed by atoms with Crippen LogP contribution in [-0.2, 0) is 0 Å². The molecule has 7 rings (SSSR count). The van der Waals surface area contributed by atoms with Crippen molar-refractivity contribution in [2.75, 3.05) is 0 Å². The van der Waals surface area contributed by atoms with E-state index in [1.54, 1.807) is 12.4 Å². The third-order valence-corrected chi connectivity index (χ3v) is 6.40. The van der Waals surface area contributed by atoms with Crippen molar-refractivity contribution >= 4 is 22.2 Å². The fourth-order valence-corrected chi connectivity index (χ4v) is 4.68. The molecular weight excluding hydrogens is 460 g/mol. The van der Waals surface area contributed by atoms with Crippen molar-refractivity contribution in [3.05, 3.63) is 132 Å². The lowest BCUT2D eigenvalue weighted by molar-refractivity contribution is 0.619. The molecule has 0 amide bonds. The Morgan fingerprint density at radius 1 is 0.486 bits per heavy atom. The zero-order valence-electron chi connectivity index (χ0n) is 19.7. The van der Waals surface area contributed by atoms with Crippen molar-refractivity contribution in [3.8, 4) is 22.9 Å². The largest absolute Gasteiger partial charge is 0.436 e. The molecule has 0 fully saturated rings. The van der Waals surface area contributed by atoms with Gasteiger partial charge in [-0.1, -0.05) is 54.6 Å². The number of nitrogens with zero attached hydrogens (tertiary/aromatic N) is 4. The van der Waals surface area contributed by atoms with Gasteiger partial charge >= 0.3 is 0 Å². The van der Waals surface area contributed by atoms with Gasteiger partial charge in [-0.3, -0.25) is 9.97 Å². The van der Waals surface area contributed by atoms with E-state index in [4.69, 9.17) is 8.83 Å². The van der Waals surface area contributed by atoms with Gasteiger partial charge in [0, 0.05) is 30.7 Å². The molecule has 4 heterocycles. The van der Waals surface area contributed by atoms with Gasteiger partial charge in [0.25, 0.3) is 0 Å². The number of hydrogen-bond acceptors (Lipinski definition) is 6. The second-order valence-electron chi connectivity index (χ2n) is 8.83. The maximum atomic E-state index is 6.02. The highest BCUT2D eigenvalue weighted by molar-refractivity contribution is 5.77. The predicted molar refractivity (Wildman–Crippen MR) is 142 cm³/mol. The first-order valence-corrected chi connectivity index (χ1v) is 12.0. The molecule has 4 aromatic heterocycles. The first kappa shape index (κ1) is 21.2. The summed E-state index contributed by atoms with van der Waals surface area (Å²) in [6, 6.07) is 30.0. The van der Waals surface area contributed by atoms with Crippen LogP contribution in [0, 0.1) is 0 Å². The lowest BCUT2D eigenvalue weighted by atomic mass is 9.86. The third kappa shape index (κ3) is 3.94. The van der Waals surface area contributed by atoms with Crippen LogP contribution in [0.3, 0.4) is 0 Å². The summed E-state index contributed by atoms with van der Waals surface area (Å²) in [5.41, 5.74) is 7.89. The molecular formula is C31H20N4O2. The zero-order valence-corrected chi connectivity index (χ0v) is 19.7. The molecule has 0 unspecified atom stereocenters. The van der Waals surface area contributed by atoms with Gasteiger partial charge in [0.1, 0.15) is 11.0 Å². The van der Waals surface area contributed by atoms with E-state index in [2.05, 4.69) is 44.2 Å². The minimum Gasteiger partial charge on any atom is -0.436 e. The van der Waals surface area contributed by atoms with Gasteiger partial charge in [0.05, 0.1) is 11.1 Å². The summed E-state index contributed by atoms with van der Waals surface area (Å²) in [4.78, 5) is 18.4. The number of aromatic nitrogens is 4. The minimum atomic E-state index is -0.116. The molecule has 0 spiro atoms. The molecule has 0 atom stereocenters. The fourth-order valence-electron chi connectivity index (χ4n) is 4.68. The highest BCUT2D eigenvalue weighted by Crippen LogP contribution is 2.35. The fraction of sp³-hybridized carbons (Fsp3) is 0.0323. The SMILES string of the molecule is c1ccc(C(c2cncc(-c3nc4ccccc4o3)c2)c2cncc(-c3nc4ccccc4o3)c2)cc1. The van der Waals surface area contributed by atoms with E-state index in [9.17, 15) is 0 Å². The number of hydrogen-bond donors (Lipinski definition) is 0. The average Bonchev–Trinajstić information content (AvgIpc) is 3.59. The van der Waals surface area contributed by atoms with Crippen LogP contribution >= 0.6 is 0 Å². The number of fused-ring (bicyclic) bond motifs is 2. The van der Waals surface area contributed by atoms with Crippen LogP contribution in [0.4, 0.5) is 0 Å². The lowest BCUT2D eigenvalue weighted by Crippen LogP contribution is -2.05. The third-order valence-electron chi connectivity index (χ3n) is 6.40. The summed E-state index contributed by atoms with van der Waals surface area (Å²) in [6.45, 7) is 0. The molecule has 0 aliphatic heterocycles. The summed E-state index contributed by atoms with van der Waals surface area (Å²) in [5.74, 6) is 0.969. The van der Waals surface area contributed by atoms with Crippen LogP contribution in [0.5, 0.6) is 0 Å². The van der Waals surface area contributed by atoms with Crippen LogP contribution < -0.4 is 0 Å². The zero-order chi connectivity index (χ0) is 24.6. The van der Waals surface area contributed by atoms with E-state index < -0.39 is 0 Å². The first-order chi connectivity index (χ1) is 18.3. The van der Waals surface area contributed by atoms with Crippen molar-refractivity contribution in [3.63, 3.8) is 0 Å². The van der Waals surface area contributed by atoms with Crippen molar-refractivity contribution in [1.29, 1.82) is 0 Å². The van der Waals surface area contributed by atoms with Crippen molar-refractivity contribution in [2.24, 2.45) is 0 Å². The molecule has 37 heavy (non-hydrogen) atoms. The molecule has 7 aromatic rings. The molecule has 3 aromatic carbocycles. The summed E-state index contributed by atoms with van der Waals surface area (Å²) in [5, 5.41) is 0. The molecule has 0 bridgehead atoms. The number of para-hydroxylation sites is 4. The van der Waals surface area contributed by atoms with Crippen LogP contribution in [0.1, 0.15) is 22.6 Å². The molecule has 6 heteroatoms. The normalized spacial score (nSPS) is 11.5. The molecule has 0 aliphatic rings. The van der Waals surface area contributed by atoms with Crippen molar-refractivity contribution in [1.82, 2.24) is 19.9 Å². The second kappa shape index (κ2) is 8.84. The highest BCUT2D eigenvalue weighted by atomic mass is 16.4. The number of oxazole rings is 2. The van der Waals surface area contributed by atoms with Crippen molar-refractivity contribution < 1.29 is 8.83 Å². The smallest absolute Gasteiger partial charge is 0.228 e. The van der Waals surface area contributed by atoms with E-state index in [0.29, 0.717) is 11.8 Å². The van der Waals surface area contributed by atoms with E-state index in [1.807, 2.05) is 79.1 Å². The average molecular weight is 481 g/mol. The topological polar surface area (TPSA) is 77.8 Å². The molecule has 0 saturated heterocycles. The van der Waals surface area contributed by atoms with Crippen LogP contribution in [0.15, 0.2) is 125 Å². The molecule has 0 saturated carbocycles. The van der Waals surface area contributed by atoms with Crippen LogP contribution in [-0.4, -0.2) is 19.9 Å². The standard InChI is InChI=1S/C31H20N4O2/c1-2-8-20(9-3-1)29(21-14-23(18-32-16-21)30-34-25-10-4-6-12-27(25)36-30)22-15-24(19-33-17-22)31-35-26-11-5-7-13-28(26)37-31/h1-19,29H. The minimum absolute atomic E-state index is 0.116. The molecule has 0 aliphatic carbocycles. The Balaban J connectivity index is 1.34. The van der Waals surface area contributed by atoms with E-state index >= 15 is 0 Å². The van der Waals surface area contributed by atoms with Gasteiger partial charge in [-0.05, 0) is 53.1 Å². The molecule has 0 radical (unpaired) electrons.